The first-order chi connectivity index (χ1) is 12.6. The highest BCUT2D eigenvalue weighted by Gasteiger charge is 2.38. The van der Waals surface area contributed by atoms with Gasteiger partial charge in [0.15, 0.2) is 5.82 Å². The van der Waals surface area contributed by atoms with Gasteiger partial charge in [0.05, 0.1) is 11.2 Å². The summed E-state index contributed by atoms with van der Waals surface area (Å²) in [5, 5.41) is 12.9. The highest BCUT2D eigenvalue weighted by atomic mass is 15.6. The van der Waals surface area contributed by atoms with Gasteiger partial charge < -0.3 is 0 Å². The molecular formula is C19H29N7. The lowest BCUT2D eigenvalue weighted by Gasteiger charge is -2.41. The van der Waals surface area contributed by atoms with E-state index in [-0.39, 0.29) is 11.6 Å². The third kappa shape index (κ3) is 3.14. The molecule has 0 bridgehead atoms. The molecule has 26 heavy (non-hydrogen) atoms. The molecule has 2 aromatic heterocycles. The average Bonchev–Trinajstić information content (AvgIpc) is 3.32. The van der Waals surface area contributed by atoms with E-state index in [9.17, 15) is 0 Å². The van der Waals surface area contributed by atoms with Crippen molar-refractivity contribution in [1.82, 2.24) is 35.0 Å². The fraction of sp³-hybridized carbons (Fsp3) is 0.684. The molecule has 2 aliphatic rings. The Labute approximate surface area is 155 Å². The van der Waals surface area contributed by atoms with E-state index in [2.05, 4.69) is 63.2 Å². The van der Waals surface area contributed by atoms with E-state index >= 15 is 0 Å². The summed E-state index contributed by atoms with van der Waals surface area (Å²) in [7, 11) is 0. The Balaban J connectivity index is 1.72. The number of rotatable bonds is 5. The molecule has 0 radical (unpaired) electrons. The lowest BCUT2D eigenvalue weighted by Crippen LogP contribution is -2.52. The lowest BCUT2D eigenvalue weighted by atomic mass is 10.0. The van der Waals surface area contributed by atoms with Gasteiger partial charge in [-0.1, -0.05) is 13.0 Å². The Morgan fingerprint density at radius 2 is 2.12 bits per heavy atom. The fourth-order valence-electron chi connectivity index (χ4n) is 4.22. The molecule has 2 atom stereocenters. The quantitative estimate of drug-likeness (QED) is 0.818. The largest absolute Gasteiger partial charge is 0.298 e. The molecule has 0 aliphatic carbocycles. The zero-order valence-electron chi connectivity index (χ0n) is 16.0. The van der Waals surface area contributed by atoms with Gasteiger partial charge in [0.1, 0.15) is 6.04 Å². The van der Waals surface area contributed by atoms with Crippen LogP contribution in [0.15, 0.2) is 24.4 Å². The van der Waals surface area contributed by atoms with Gasteiger partial charge in [0, 0.05) is 31.9 Å². The molecule has 7 nitrogen and oxygen atoms in total. The lowest BCUT2D eigenvalue weighted by molar-refractivity contribution is 0.0758. The minimum Gasteiger partial charge on any atom is -0.298 e. The van der Waals surface area contributed by atoms with Gasteiger partial charge in [0.25, 0.3) is 0 Å². The van der Waals surface area contributed by atoms with E-state index in [1.807, 2.05) is 16.9 Å². The van der Waals surface area contributed by atoms with Crippen LogP contribution in [-0.4, -0.2) is 67.2 Å². The summed E-state index contributed by atoms with van der Waals surface area (Å²) in [5.74, 6) is 0.905. The van der Waals surface area contributed by atoms with Crippen LogP contribution >= 0.6 is 0 Å². The monoisotopic (exact) mass is 355 g/mol. The van der Waals surface area contributed by atoms with Crippen molar-refractivity contribution in [3.63, 3.8) is 0 Å². The van der Waals surface area contributed by atoms with Crippen molar-refractivity contribution in [3.05, 3.63) is 35.9 Å². The first-order valence-electron chi connectivity index (χ1n) is 9.78. The predicted octanol–water partition coefficient (Wildman–Crippen LogP) is 2.08. The van der Waals surface area contributed by atoms with E-state index in [4.69, 9.17) is 0 Å². The van der Waals surface area contributed by atoms with Gasteiger partial charge in [0.2, 0.25) is 0 Å². The molecule has 0 spiro atoms. The van der Waals surface area contributed by atoms with E-state index in [1.165, 1.54) is 19.4 Å². The molecule has 0 saturated carbocycles. The normalized spacial score (nSPS) is 23.1. The highest BCUT2D eigenvalue weighted by Crippen LogP contribution is 2.33. The van der Waals surface area contributed by atoms with Gasteiger partial charge in [-0.25, -0.2) is 4.68 Å². The zero-order chi connectivity index (χ0) is 18.1. The first-order valence-corrected chi connectivity index (χ1v) is 9.78. The summed E-state index contributed by atoms with van der Waals surface area (Å²) in [5.41, 5.74) is 0.906. The average molecular weight is 355 g/mol. The maximum absolute atomic E-state index is 4.68. The van der Waals surface area contributed by atoms with E-state index < -0.39 is 0 Å². The summed E-state index contributed by atoms with van der Waals surface area (Å²) in [6.07, 6.45) is 5.44. The van der Waals surface area contributed by atoms with Crippen LogP contribution in [0.2, 0.25) is 0 Å². The molecule has 2 saturated heterocycles. The van der Waals surface area contributed by atoms with Crippen LogP contribution in [0.3, 0.4) is 0 Å². The second kappa shape index (κ2) is 7.04. The molecule has 2 fully saturated rings. The molecule has 4 heterocycles. The third-order valence-corrected chi connectivity index (χ3v) is 6.13. The number of nitrogens with zero attached hydrogens (tertiary/aromatic N) is 7. The Morgan fingerprint density at radius 3 is 2.88 bits per heavy atom. The van der Waals surface area contributed by atoms with Crippen molar-refractivity contribution in [2.45, 2.75) is 57.7 Å². The second-order valence-electron chi connectivity index (χ2n) is 8.10. The topological polar surface area (TPSA) is 63.0 Å². The molecule has 0 N–H and O–H groups in total. The summed E-state index contributed by atoms with van der Waals surface area (Å²) in [6.45, 7) is 11.0. The molecule has 140 valence electrons. The van der Waals surface area contributed by atoms with Crippen molar-refractivity contribution in [3.8, 4) is 0 Å². The summed E-state index contributed by atoms with van der Waals surface area (Å²) < 4.78 is 2.01. The van der Waals surface area contributed by atoms with Gasteiger partial charge >= 0.3 is 0 Å². The molecule has 2 unspecified atom stereocenters. The molecule has 2 aliphatic heterocycles. The Bertz CT molecular complexity index is 726. The minimum absolute atomic E-state index is 0.000208. The number of fused-ring (bicyclic) bond motifs is 1. The molecule has 7 heteroatoms. The SMILES string of the molecule is CCC(C)(C)n1nnnc1C(c1ccccn1)N1CCN2CCCC2C1. The number of piperazine rings is 1. The summed E-state index contributed by atoms with van der Waals surface area (Å²) in [4.78, 5) is 9.84. The zero-order valence-corrected chi connectivity index (χ0v) is 16.0. The Hall–Kier alpha value is -1.86. The molecule has 2 aromatic rings. The van der Waals surface area contributed by atoms with Crippen LogP contribution in [0.25, 0.3) is 0 Å². The number of hydrogen-bond acceptors (Lipinski definition) is 6. The second-order valence-corrected chi connectivity index (χ2v) is 8.10. The van der Waals surface area contributed by atoms with Crippen LogP contribution in [-0.2, 0) is 5.54 Å². The van der Waals surface area contributed by atoms with Crippen LogP contribution < -0.4 is 0 Å². The molecule has 0 amide bonds. The smallest absolute Gasteiger partial charge is 0.175 e. The molecular weight excluding hydrogens is 326 g/mol. The Morgan fingerprint density at radius 1 is 1.23 bits per heavy atom. The van der Waals surface area contributed by atoms with Crippen LogP contribution in [0, 0.1) is 0 Å². The van der Waals surface area contributed by atoms with E-state index in [0.717, 1.165) is 37.6 Å². The minimum atomic E-state index is -0.124. The maximum Gasteiger partial charge on any atom is 0.175 e. The van der Waals surface area contributed by atoms with Crippen molar-refractivity contribution in [2.24, 2.45) is 0 Å². The molecule has 4 rings (SSSR count). The number of aromatic nitrogens is 5. The first kappa shape index (κ1) is 17.5. The van der Waals surface area contributed by atoms with Crippen molar-refractivity contribution >= 4 is 0 Å². The standard InChI is InChI=1S/C19H29N7/c1-4-19(2,3)26-18(21-22-23-26)17(16-9-5-6-10-20-16)25-13-12-24-11-7-8-15(24)14-25/h5-6,9-10,15,17H,4,7-8,11-14H2,1-3H3. The molecule has 0 aromatic carbocycles. The maximum atomic E-state index is 4.68. The number of hydrogen-bond donors (Lipinski definition) is 0. The highest BCUT2D eigenvalue weighted by molar-refractivity contribution is 5.18. The van der Waals surface area contributed by atoms with E-state index in [0.29, 0.717) is 6.04 Å². The summed E-state index contributed by atoms with van der Waals surface area (Å²) in [6, 6.07) is 6.77. The third-order valence-electron chi connectivity index (χ3n) is 6.13. The van der Waals surface area contributed by atoms with Gasteiger partial charge in [-0.3, -0.25) is 14.8 Å². The summed E-state index contributed by atoms with van der Waals surface area (Å²) >= 11 is 0. The van der Waals surface area contributed by atoms with Gasteiger partial charge in [-0.15, -0.1) is 5.10 Å². The van der Waals surface area contributed by atoms with Gasteiger partial charge in [-0.05, 0) is 62.2 Å². The van der Waals surface area contributed by atoms with Crippen LogP contribution in [0.4, 0.5) is 0 Å². The fourth-order valence-corrected chi connectivity index (χ4v) is 4.22. The van der Waals surface area contributed by atoms with E-state index in [1.54, 1.807) is 0 Å². The van der Waals surface area contributed by atoms with Crippen LogP contribution in [0.1, 0.15) is 57.6 Å². The van der Waals surface area contributed by atoms with Gasteiger partial charge in [-0.2, -0.15) is 0 Å². The predicted molar refractivity (Wildman–Crippen MR) is 99.7 cm³/mol. The van der Waals surface area contributed by atoms with Crippen molar-refractivity contribution in [2.75, 3.05) is 26.2 Å². The number of pyridine rings is 1. The van der Waals surface area contributed by atoms with Crippen LogP contribution in [0.5, 0.6) is 0 Å². The Kier molecular flexibility index (Phi) is 4.75. The number of tetrazole rings is 1. The van der Waals surface area contributed by atoms with Crippen molar-refractivity contribution < 1.29 is 0 Å². The van der Waals surface area contributed by atoms with Crippen molar-refractivity contribution in [1.29, 1.82) is 0 Å².